The minimum atomic E-state index is -0.272. The molecule has 1 aliphatic rings. The lowest BCUT2D eigenvalue weighted by Gasteiger charge is -2.10. The quantitative estimate of drug-likeness (QED) is 0.854. The van der Waals surface area contributed by atoms with Crippen molar-refractivity contribution in [3.05, 3.63) is 36.5 Å². The lowest BCUT2D eigenvalue weighted by molar-refractivity contribution is -0.145. The summed E-state index contributed by atoms with van der Waals surface area (Å²) < 4.78 is 7.12. The van der Waals surface area contributed by atoms with Crippen molar-refractivity contribution in [2.45, 2.75) is 13.0 Å². The third kappa shape index (κ3) is 2.66. The molecule has 1 aliphatic heterocycles. The minimum absolute atomic E-state index is 0.0300. The van der Waals surface area contributed by atoms with E-state index in [-0.39, 0.29) is 24.3 Å². The van der Waals surface area contributed by atoms with Gasteiger partial charge >= 0.3 is 5.97 Å². The van der Waals surface area contributed by atoms with Gasteiger partial charge in [-0.2, -0.15) is 0 Å². The van der Waals surface area contributed by atoms with Crippen molar-refractivity contribution in [3.8, 4) is 0 Å². The fraction of sp³-hybridized carbons (Fsp3) is 0.333. The van der Waals surface area contributed by atoms with E-state index >= 15 is 0 Å². The van der Waals surface area contributed by atoms with Crippen molar-refractivity contribution in [2.75, 3.05) is 13.2 Å². The molecule has 0 radical (unpaired) electrons. The average Bonchev–Trinajstić information content (AvgIpc) is 3.04. The maximum absolute atomic E-state index is 11.8. The Labute approximate surface area is 116 Å². The average molecular weight is 272 g/mol. The highest BCUT2D eigenvalue weighted by Crippen LogP contribution is 2.15. The van der Waals surface area contributed by atoms with Crippen LogP contribution in [-0.2, 0) is 20.9 Å². The smallest absolute Gasteiger partial charge is 0.325 e. The van der Waals surface area contributed by atoms with Gasteiger partial charge in [-0.1, -0.05) is 18.2 Å². The number of carbonyl (C=O) groups excluding carboxylic acids is 2. The summed E-state index contributed by atoms with van der Waals surface area (Å²) in [5.41, 5.74) is 1.02. The zero-order valence-electron chi connectivity index (χ0n) is 11.0. The zero-order valence-corrected chi connectivity index (χ0v) is 11.0. The summed E-state index contributed by atoms with van der Waals surface area (Å²) >= 11 is 0. The number of amides is 1. The molecule has 2 heterocycles. The van der Waals surface area contributed by atoms with Gasteiger partial charge in [0.2, 0.25) is 5.91 Å². The van der Waals surface area contributed by atoms with E-state index in [2.05, 4.69) is 5.32 Å². The van der Waals surface area contributed by atoms with Gasteiger partial charge in [0.25, 0.3) is 0 Å². The van der Waals surface area contributed by atoms with Gasteiger partial charge < -0.3 is 14.6 Å². The lowest BCUT2D eigenvalue weighted by Crippen LogP contribution is -2.19. The molecule has 20 heavy (non-hydrogen) atoms. The molecule has 0 spiro atoms. The maximum Gasteiger partial charge on any atom is 0.325 e. The van der Waals surface area contributed by atoms with Crippen molar-refractivity contribution in [2.24, 2.45) is 5.92 Å². The number of nitrogens with zero attached hydrogens (tertiary/aromatic N) is 1. The summed E-state index contributed by atoms with van der Waals surface area (Å²) in [4.78, 5) is 22.9. The fourth-order valence-electron chi connectivity index (χ4n) is 2.46. The minimum Gasteiger partial charge on any atom is -0.464 e. The van der Waals surface area contributed by atoms with Crippen LogP contribution in [0.15, 0.2) is 36.5 Å². The maximum atomic E-state index is 11.8. The molecule has 104 valence electrons. The molecule has 1 atom stereocenters. The number of fused-ring (bicyclic) bond motifs is 1. The first-order chi connectivity index (χ1) is 9.72. The molecule has 1 saturated heterocycles. The van der Waals surface area contributed by atoms with E-state index in [1.165, 1.54) is 0 Å². The molecule has 0 unspecified atom stereocenters. The second kappa shape index (κ2) is 5.36. The molecular weight excluding hydrogens is 256 g/mol. The number of rotatable bonds is 4. The van der Waals surface area contributed by atoms with Gasteiger partial charge in [-0.25, -0.2) is 0 Å². The Bertz CT molecular complexity index is 647. The SMILES string of the molecule is O=C1C[C@@H](COC(=O)Cn2ccc3ccccc32)CN1. The van der Waals surface area contributed by atoms with Crippen LogP contribution in [0.5, 0.6) is 0 Å². The molecule has 5 heteroatoms. The third-order valence-corrected chi connectivity index (χ3v) is 3.52. The van der Waals surface area contributed by atoms with Crippen molar-refractivity contribution in [3.63, 3.8) is 0 Å². The van der Waals surface area contributed by atoms with Gasteiger partial charge in [0.1, 0.15) is 6.54 Å². The molecule has 1 aromatic carbocycles. The van der Waals surface area contributed by atoms with E-state index in [1.54, 1.807) is 0 Å². The summed E-state index contributed by atoms with van der Waals surface area (Å²) in [7, 11) is 0. The van der Waals surface area contributed by atoms with E-state index in [9.17, 15) is 9.59 Å². The molecule has 2 aromatic rings. The van der Waals surface area contributed by atoms with Gasteiger partial charge in [0, 0.05) is 30.6 Å². The molecular formula is C15H16N2O3. The van der Waals surface area contributed by atoms with Crippen LogP contribution in [-0.4, -0.2) is 29.6 Å². The molecule has 1 amide bonds. The number of benzene rings is 1. The largest absolute Gasteiger partial charge is 0.464 e. The van der Waals surface area contributed by atoms with Crippen LogP contribution in [0, 0.1) is 5.92 Å². The predicted molar refractivity (Wildman–Crippen MR) is 74.0 cm³/mol. The van der Waals surface area contributed by atoms with Crippen molar-refractivity contribution in [1.29, 1.82) is 0 Å². The Hall–Kier alpha value is -2.30. The highest BCUT2D eigenvalue weighted by Gasteiger charge is 2.22. The van der Waals surface area contributed by atoms with Crippen LogP contribution in [0.1, 0.15) is 6.42 Å². The highest BCUT2D eigenvalue weighted by molar-refractivity contribution is 5.82. The number of carbonyl (C=O) groups is 2. The fourth-order valence-corrected chi connectivity index (χ4v) is 2.46. The number of para-hydroxylation sites is 1. The summed E-state index contributed by atoms with van der Waals surface area (Å²) in [6, 6.07) is 9.87. The van der Waals surface area contributed by atoms with Crippen LogP contribution >= 0.6 is 0 Å². The van der Waals surface area contributed by atoms with Crippen LogP contribution in [0.25, 0.3) is 10.9 Å². The molecule has 5 nitrogen and oxygen atoms in total. The molecule has 0 aliphatic carbocycles. The van der Waals surface area contributed by atoms with E-state index in [1.807, 2.05) is 41.1 Å². The molecule has 3 rings (SSSR count). The van der Waals surface area contributed by atoms with Crippen LogP contribution in [0.2, 0.25) is 0 Å². The zero-order chi connectivity index (χ0) is 13.9. The van der Waals surface area contributed by atoms with E-state index in [0.29, 0.717) is 19.6 Å². The Morgan fingerprint density at radius 1 is 1.35 bits per heavy atom. The first-order valence-electron chi connectivity index (χ1n) is 6.68. The number of ether oxygens (including phenoxy) is 1. The molecule has 1 fully saturated rings. The predicted octanol–water partition coefficient (Wildman–Crippen LogP) is 1.32. The summed E-state index contributed by atoms with van der Waals surface area (Å²) in [5, 5.41) is 3.83. The Balaban J connectivity index is 1.57. The van der Waals surface area contributed by atoms with Crippen molar-refractivity contribution in [1.82, 2.24) is 9.88 Å². The Morgan fingerprint density at radius 2 is 2.20 bits per heavy atom. The number of nitrogens with one attached hydrogen (secondary N) is 1. The first kappa shape index (κ1) is 12.7. The Kier molecular flexibility index (Phi) is 3.41. The summed E-state index contributed by atoms with van der Waals surface area (Å²) in [5.74, 6) is -0.138. The lowest BCUT2D eigenvalue weighted by atomic mass is 10.1. The van der Waals surface area contributed by atoms with Gasteiger partial charge in [0.05, 0.1) is 6.61 Å². The molecule has 1 aromatic heterocycles. The molecule has 1 N–H and O–H groups in total. The van der Waals surface area contributed by atoms with Gasteiger partial charge in [-0.15, -0.1) is 0 Å². The molecule has 0 saturated carbocycles. The topological polar surface area (TPSA) is 60.3 Å². The molecule has 0 bridgehead atoms. The highest BCUT2D eigenvalue weighted by atomic mass is 16.5. The number of esters is 1. The van der Waals surface area contributed by atoms with Crippen LogP contribution in [0.3, 0.4) is 0 Å². The van der Waals surface area contributed by atoms with Crippen molar-refractivity contribution >= 4 is 22.8 Å². The third-order valence-electron chi connectivity index (χ3n) is 3.52. The Morgan fingerprint density at radius 3 is 3.00 bits per heavy atom. The van der Waals surface area contributed by atoms with Gasteiger partial charge in [-0.3, -0.25) is 9.59 Å². The second-order valence-electron chi connectivity index (χ2n) is 5.06. The van der Waals surface area contributed by atoms with E-state index in [0.717, 1.165) is 10.9 Å². The monoisotopic (exact) mass is 272 g/mol. The van der Waals surface area contributed by atoms with E-state index in [4.69, 9.17) is 4.74 Å². The number of hydrogen-bond acceptors (Lipinski definition) is 3. The van der Waals surface area contributed by atoms with Gasteiger partial charge in [0.15, 0.2) is 0 Å². The van der Waals surface area contributed by atoms with Crippen LogP contribution in [0.4, 0.5) is 0 Å². The number of hydrogen-bond donors (Lipinski definition) is 1. The second-order valence-corrected chi connectivity index (χ2v) is 5.06. The number of aromatic nitrogens is 1. The summed E-state index contributed by atoms with van der Waals surface area (Å²) in [6.07, 6.45) is 2.33. The normalized spacial score (nSPS) is 18.2. The summed E-state index contributed by atoms with van der Waals surface area (Å²) in [6.45, 7) is 1.09. The van der Waals surface area contributed by atoms with Crippen LogP contribution < -0.4 is 5.32 Å². The van der Waals surface area contributed by atoms with Crippen molar-refractivity contribution < 1.29 is 14.3 Å². The van der Waals surface area contributed by atoms with E-state index < -0.39 is 0 Å². The van der Waals surface area contributed by atoms with Gasteiger partial charge in [-0.05, 0) is 17.5 Å². The first-order valence-corrected chi connectivity index (χ1v) is 6.68. The standard InChI is InChI=1S/C15H16N2O3/c18-14-7-11(8-16-14)10-20-15(19)9-17-6-5-12-3-1-2-4-13(12)17/h1-6,11H,7-10H2,(H,16,18)/t11-/m1/s1.